The van der Waals surface area contributed by atoms with Crippen molar-refractivity contribution in [3.05, 3.63) is 22.8 Å². The van der Waals surface area contributed by atoms with Gasteiger partial charge in [0.15, 0.2) is 0 Å². The SMILES string of the molecule is CC1=NC2CC=C(N3CCNCC3)C=C2S1. The smallest absolute Gasteiger partial charge is 0.0856 e. The van der Waals surface area contributed by atoms with E-state index >= 15 is 0 Å². The number of hydrogen-bond donors (Lipinski definition) is 1. The van der Waals surface area contributed by atoms with E-state index in [0.29, 0.717) is 6.04 Å². The monoisotopic (exact) mass is 235 g/mol. The molecule has 0 aromatic heterocycles. The van der Waals surface area contributed by atoms with Crippen molar-refractivity contribution in [2.45, 2.75) is 19.4 Å². The molecule has 1 atom stereocenters. The van der Waals surface area contributed by atoms with Crippen LogP contribution in [0.15, 0.2) is 27.7 Å². The van der Waals surface area contributed by atoms with Crippen LogP contribution < -0.4 is 5.32 Å². The maximum absolute atomic E-state index is 4.63. The molecule has 0 amide bonds. The molecule has 3 nitrogen and oxygen atoms in total. The molecule has 2 aliphatic heterocycles. The summed E-state index contributed by atoms with van der Waals surface area (Å²) in [4.78, 5) is 8.54. The Morgan fingerprint density at radius 3 is 3.06 bits per heavy atom. The largest absolute Gasteiger partial charge is 0.369 e. The Bertz CT molecular complexity index is 378. The van der Waals surface area contributed by atoms with Gasteiger partial charge in [0.25, 0.3) is 0 Å². The van der Waals surface area contributed by atoms with Gasteiger partial charge in [-0.2, -0.15) is 0 Å². The first-order valence-corrected chi connectivity index (χ1v) is 6.74. The number of piperazine rings is 1. The standard InChI is InChI=1S/C12H17N3S/c1-9-14-11-3-2-10(8-12(11)16-9)15-6-4-13-5-7-15/h2,8,11,13H,3-7H2,1H3. The van der Waals surface area contributed by atoms with Crippen molar-refractivity contribution < 1.29 is 0 Å². The van der Waals surface area contributed by atoms with Crippen molar-refractivity contribution in [1.82, 2.24) is 10.2 Å². The lowest BCUT2D eigenvalue weighted by Gasteiger charge is -2.32. The molecule has 0 spiro atoms. The highest BCUT2D eigenvalue weighted by Gasteiger charge is 2.25. The van der Waals surface area contributed by atoms with Gasteiger partial charge in [-0.25, -0.2) is 0 Å². The van der Waals surface area contributed by atoms with Gasteiger partial charge in [0.1, 0.15) is 0 Å². The lowest BCUT2D eigenvalue weighted by atomic mass is 10.1. The molecule has 2 heterocycles. The summed E-state index contributed by atoms with van der Waals surface area (Å²) in [6.45, 7) is 6.57. The fraction of sp³-hybridized carbons (Fsp3) is 0.583. The van der Waals surface area contributed by atoms with Crippen LogP contribution in [0.2, 0.25) is 0 Å². The van der Waals surface area contributed by atoms with Crippen LogP contribution in [0, 0.1) is 0 Å². The van der Waals surface area contributed by atoms with E-state index in [1.165, 1.54) is 15.6 Å². The van der Waals surface area contributed by atoms with E-state index < -0.39 is 0 Å². The fourth-order valence-corrected chi connectivity index (χ4v) is 3.41. The second-order valence-corrected chi connectivity index (χ2v) is 5.68. The number of thioether (sulfide) groups is 1. The Kier molecular flexibility index (Phi) is 2.77. The first-order valence-electron chi connectivity index (χ1n) is 5.92. The minimum atomic E-state index is 0.427. The molecule has 86 valence electrons. The number of aliphatic imine (C=N–C) groups is 1. The zero-order chi connectivity index (χ0) is 11.0. The Morgan fingerprint density at radius 2 is 2.25 bits per heavy atom. The molecule has 4 heteroatoms. The lowest BCUT2D eigenvalue weighted by Crippen LogP contribution is -2.42. The molecular weight excluding hydrogens is 218 g/mol. The normalized spacial score (nSPS) is 29.4. The second kappa shape index (κ2) is 4.26. The molecule has 1 fully saturated rings. The van der Waals surface area contributed by atoms with Crippen LogP contribution in [-0.2, 0) is 0 Å². The molecule has 1 aliphatic carbocycles. The topological polar surface area (TPSA) is 27.6 Å². The summed E-state index contributed by atoms with van der Waals surface area (Å²) in [5.41, 5.74) is 1.41. The molecule has 1 N–H and O–H groups in total. The number of nitrogens with zero attached hydrogens (tertiary/aromatic N) is 2. The van der Waals surface area contributed by atoms with E-state index in [0.717, 1.165) is 32.6 Å². The molecule has 1 unspecified atom stereocenters. The van der Waals surface area contributed by atoms with Gasteiger partial charge < -0.3 is 10.2 Å². The van der Waals surface area contributed by atoms with E-state index in [4.69, 9.17) is 0 Å². The first kappa shape index (κ1) is 10.4. The molecule has 16 heavy (non-hydrogen) atoms. The molecule has 1 saturated heterocycles. The molecule has 0 aromatic rings. The van der Waals surface area contributed by atoms with Gasteiger partial charge in [0.05, 0.1) is 11.1 Å². The van der Waals surface area contributed by atoms with Crippen LogP contribution >= 0.6 is 11.8 Å². The summed E-state index contributed by atoms with van der Waals surface area (Å²) in [6.07, 6.45) is 5.77. The van der Waals surface area contributed by atoms with E-state index in [1.54, 1.807) is 0 Å². The van der Waals surface area contributed by atoms with Crippen molar-refractivity contribution in [2.24, 2.45) is 4.99 Å². The molecule has 0 saturated carbocycles. The molecule has 3 rings (SSSR count). The molecular formula is C12H17N3S. The first-order chi connectivity index (χ1) is 7.83. The van der Waals surface area contributed by atoms with Gasteiger partial charge in [0.2, 0.25) is 0 Å². The minimum absolute atomic E-state index is 0.427. The summed E-state index contributed by atoms with van der Waals surface area (Å²) in [5, 5.41) is 4.60. The van der Waals surface area contributed by atoms with Gasteiger partial charge in [-0.1, -0.05) is 17.8 Å². The molecule has 3 aliphatic rings. The average molecular weight is 235 g/mol. The van der Waals surface area contributed by atoms with Crippen molar-refractivity contribution in [3.63, 3.8) is 0 Å². The lowest BCUT2D eigenvalue weighted by molar-refractivity contribution is 0.305. The van der Waals surface area contributed by atoms with Crippen molar-refractivity contribution in [1.29, 1.82) is 0 Å². The van der Waals surface area contributed by atoms with Crippen LogP contribution in [0.5, 0.6) is 0 Å². The number of hydrogen-bond acceptors (Lipinski definition) is 4. The summed E-state index contributed by atoms with van der Waals surface area (Å²) in [7, 11) is 0. The third kappa shape index (κ3) is 1.92. The van der Waals surface area contributed by atoms with Gasteiger partial charge in [-0.15, -0.1) is 0 Å². The molecule has 0 radical (unpaired) electrons. The zero-order valence-electron chi connectivity index (χ0n) is 9.57. The number of fused-ring (bicyclic) bond motifs is 1. The minimum Gasteiger partial charge on any atom is -0.369 e. The predicted molar refractivity (Wildman–Crippen MR) is 69.7 cm³/mol. The van der Waals surface area contributed by atoms with Gasteiger partial charge >= 0.3 is 0 Å². The van der Waals surface area contributed by atoms with Gasteiger partial charge in [-0.05, 0) is 19.4 Å². The van der Waals surface area contributed by atoms with E-state index in [9.17, 15) is 0 Å². The zero-order valence-corrected chi connectivity index (χ0v) is 10.4. The summed E-state index contributed by atoms with van der Waals surface area (Å²) >= 11 is 1.85. The fourth-order valence-electron chi connectivity index (χ4n) is 2.42. The highest BCUT2D eigenvalue weighted by Crippen LogP contribution is 2.37. The third-order valence-electron chi connectivity index (χ3n) is 3.25. The number of nitrogens with one attached hydrogen (secondary N) is 1. The highest BCUT2D eigenvalue weighted by atomic mass is 32.2. The molecule has 0 aromatic carbocycles. The van der Waals surface area contributed by atoms with E-state index in [-0.39, 0.29) is 0 Å². The maximum Gasteiger partial charge on any atom is 0.0856 e. The second-order valence-electron chi connectivity index (χ2n) is 4.41. The van der Waals surface area contributed by atoms with Crippen LogP contribution in [-0.4, -0.2) is 42.2 Å². The Morgan fingerprint density at radius 1 is 1.44 bits per heavy atom. The average Bonchev–Trinajstić information content (AvgIpc) is 2.69. The van der Waals surface area contributed by atoms with Gasteiger partial charge in [0, 0.05) is 36.8 Å². The summed E-state index contributed by atoms with van der Waals surface area (Å²) in [6, 6.07) is 0.427. The number of rotatable bonds is 1. The summed E-state index contributed by atoms with van der Waals surface area (Å²) < 4.78 is 0. The van der Waals surface area contributed by atoms with Crippen LogP contribution in [0.1, 0.15) is 13.3 Å². The summed E-state index contributed by atoms with van der Waals surface area (Å²) in [5.74, 6) is 0. The Balaban J connectivity index is 1.74. The van der Waals surface area contributed by atoms with Gasteiger partial charge in [-0.3, -0.25) is 4.99 Å². The Labute approximate surface area is 101 Å². The quantitative estimate of drug-likeness (QED) is 0.748. The maximum atomic E-state index is 4.63. The highest BCUT2D eigenvalue weighted by molar-refractivity contribution is 8.17. The predicted octanol–water partition coefficient (Wildman–Crippen LogP) is 1.60. The van der Waals surface area contributed by atoms with E-state index in [2.05, 4.69) is 34.3 Å². The van der Waals surface area contributed by atoms with Crippen molar-refractivity contribution in [2.75, 3.05) is 26.2 Å². The number of allylic oxidation sites excluding steroid dienone is 1. The van der Waals surface area contributed by atoms with Crippen LogP contribution in [0.25, 0.3) is 0 Å². The van der Waals surface area contributed by atoms with E-state index in [1.807, 2.05) is 11.8 Å². The third-order valence-corrected chi connectivity index (χ3v) is 4.28. The van der Waals surface area contributed by atoms with Crippen LogP contribution in [0.3, 0.4) is 0 Å². The van der Waals surface area contributed by atoms with Crippen molar-refractivity contribution in [3.8, 4) is 0 Å². The Hall–Kier alpha value is -0.740. The van der Waals surface area contributed by atoms with Crippen LogP contribution in [0.4, 0.5) is 0 Å². The molecule has 0 bridgehead atoms. The van der Waals surface area contributed by atoms with Crippen molar-refractivity contribution >= 4 is 16.8 Å².